The second kappa shape index (κ2) is 9.25. The third kappa shape index (κ3) is 4.82. The summed E-state index contributed by atoms with van der Waals surface area (Å²) in [6, 6.07) is 5.49. The molecule has 0 saturated carbocycles. The first-order valence-electron chi connectivity index (χ1n) is 9.10. The van der Waals surface area contributed by atoms with E-state index in [4.69, 9.17) is 14.2 Å². The highest BCUT2D eigenvalue weighted by molar-refractivity contribution is 8.18. The number of thioether (sulfide) groups is 1. The van der Waals surface area contributed by atoms with Crippen molar-refractivity contribution in [3.8, 4) is 11.5 Å². The first kappa shape index (κ1) is 19.7. The van der Waals surface area contributed by atoms with Crippen LogP contribution in [0, 0.1) is 0 Å². The van der Waals surface area contributed by atoms with Crippen LogP contribution in [0.4, 0.5) is 4.79 Å². The Morgan fingerprint density at radius 3 is 2.74 bits per heavy atom. The van der Waals surface area contributed by atoms with Crippen molar-refractivity contribution in [3.05, 3.63) is 28.7 Å². The largest absolute Gasteiger partial charge is 0.493 e. The number of methoxy groups -OCH3 is 1. The average molecular weight is 393 g/mol. The van der Waals surface area contributed by atoms with Crippen molar-refractivity contribution in [2.24, 2.45) is 0 Å². The van der Waals surface area contributed by atoms with E-state index in [1.807, 2.05) is 25.1 Å². The van der Waals surface area contributed by atoms with E-state index in [2.05, 4.69) is 0 Å². The minimum Gasteiger partial charge on any atom is -0.493 e. The molecular weight excluding hydrogens is 368 g/mol. The van der Waals surface area contributed by atoms with Crippen LogP contribution in [-0.2, 0) is 9.53 Å². The molecule has 2 amide bonds. The summed E-state index contributed by atoms with van der Waals surface area (Å²) in [6.45, 7) is 5.96. The van der Waals surface area contributed by atoms with Crippen LogP contribution in [-0.4, -0.2) is 62.7 Å². The van der Waals surface area contributed by atoms with Crippen molar-refractivity contribution >= 4 is 29.0 Å². The maximum Gasteiger partial charge on any atom is 0.298 e. The summed E-state index contributed by atoms with van der Waals surface area (Å²) in [5, 5.41) is -0.222. The second-order valence-corrected chi connectivity index (χ2v) is 7.38. The van der Waals surface area contributed by atoms with Crippen molar-refractivity contribution < 1.29 is 28.7 Å². The summed E-state index contributed by atoms with van der Waals surface area (Å²) in [4.78, 5) is 27.9. The third-order valence-corrected chi connectivity index (χ3v) is 5.31. The lowest BCUT2D eigenvalue weighted by Gasteiger charge is -2.26. The van der Waals surface area contributed by atoms with E-state index >= 15 is 0 Å². The molecule has 7 nitrogen and oxygen atoms in total. The van der Waals surface area contributed by atoms with E-state index in [1.165, 1.54) is 9.80 Å². The summed E-state index contributed by atoms with van der Waals surface area (Å²) in [5.41, 5.74) is 0.792. The molecule has 2 aliphatic rings. The molecule has 0 spiro atoms. The number of nitrogens with zero attached hydrogens (tertiary/aromatic N) is 1. The molecule has 0 aliphatic carbocycles. The molecule has 146 valence electrons. The highest BCUT2D eigenvalue weighted by Gasteiger charge is 2.37. The molecule has 2 saturated heterocycles. The van der Waals surface area contributed by atoms with Crippen molar-refractivity contribution in [2.45, 2.75) is 13.3 Å². The van der Waals surface area contributed by atoms with Crippen molar-refractivity contribution in [1.29, 1.82) is 0 Å². The number of hydrogen-bond acceptors (Lipinski definition) is 6. The number of benzene rings is 1. The molecule has 2 heterocycles. The van der Waals surface area contributed by atoms with Crippen LogP contribution in [0.5, 0.6) is 11.5 Å². The molecule has 2 fully saturated rings. The summed E-state index contributed by atoms with van der Waals surface area (Å²) in [6.07, 6.45) is 2.63. The Balaban J connectivity index is 1.72. The van der Waals surface area contributed by atoms with Crippen molar-refractivity contribution in [1.82, 2.24) is 4.90 Å². The van der Waals surface area contributed by atoms with Gasteiger partial charge >= 0.3 is 0 Å². The molecule has 0 bridgehead atoms. The topological polar surface area (TPSA) is 69.5 Å². The molecule has 2 aliphatic heterocycles. The van der Waals surface area contributed by atoms with Crippen LogP contribution < -0.4 is 14.4 Å². The summed E-state index contributed by atoms with van der Waals surface area (Å²) in [7, 11) is 1.58. The summed E-state index contributed by atoms with van der Waals surface area (Å²) < 4.78 is 16.4. The zero-order valence-corrected chi connectivity index (χ0v) is 16.5. The van der Waals surface area contributed by atoms with Crippen LogP contribution in [0.25, 0.3) is 6.08 Å². The molecule has 0 radical (unpaired) electrons. The predicted molar refractivity (Wildman–Crippen MR) is 103 cm³/mol. The Bertz CT molecular complexity index is 731. The SMILES string of the molecule is CCCOc1ccc(C=C2SC(=O)N(C[NH+]3CCOCC3)C2=O)cc1OC. The number of amides is 2. The average Bonchev–Trinajstić information content (AvgIpc) is 2.95. The highest BCUT2D eigenvalue weighted by atomic mass is 32.2. The molecule has 27 heavy (non-hydrogen) atoms. The Hall–Kier alpha value is -2.03. The molecule has 8 heteroatoms. The third-order valence-electron chi connectivity index (χ3n) is 4.40. The van der Waals surface area contributed by atoms with Crippen LogP contribution in [0.3, 0.4) is 0 Å². The van der Waals surface area contributed by atoms with Gasteiger partial charge in [-0.2, -0.15) is 0 Å². The molecule has 0 atom stereocenters. The van der Waals surface area contributed by atoms with Crippen LogP contribution in [0.15, 0.2) is 23.1 Å². The Labute approximate surface area is 163 Å². The zero-order valence-electron chi connectivity index (χ0n) is 15.7. The maximum absolute atomic E-state index is 12.7. The lowest BCUT2D eigenvalue weighted by molar-refractivity contribution is -0.915. The first-order valence-corrected chi connectivity index (χ1v) is 9.91. The zero-order chi connectivity index (χ0) is 19.2. The smallest absolute Gasteiger partial charge is 0.298 e. The quantitative estimate of drug-likeness (QED) is 0.706. The first-order chi connectivity index (χ1) is 13.1. The van der Waals surface area contributed by atoms with Gasteiger partial charge in [-0.1, -0.05) is 13.0 Å². The molecule has 0 unspecified atom stereocenters. The number of carbonyl (C=O) groups excluding carboxylic acids is 2. The molecule has 1 aromatic rings. The van der Waals surface area contributed by atoms with Gasteiger partial charge in [0.15, 0.2) is 18.2 Å². The number of ether oxygens (including phenoxy) is 3. The second-order valence-electron chi connectivity index (χ2n) is 6.39. The maximum atomic E-state index is 12.7. The van der Waals surface area contributed by atoms with Gasteiger partial charge in [0.25, 0.3) is 11.1 Å². The summed E-state index contributed by atoms with van der Waals surface area (Å²) >= 11 is 0.979. The van der Waals surface area contributed by atoms with E-state index in [-0.39, 0.29) is 11.1 Å². The van der Waals surface area contributed by atoms with E-state index in [1.54, 1.807) is 13.2 Å². The van der Waals surface area contributed by atoms with Crippen molar-refractivity contribution in [2.75, 3.05) is 46.7 Å². The Morgan fingerprint density at radius 1 is 1.26 bits per heavy atom. The van der Waals surface area contributed by atoms with Gasteiger partial charge in [-0.15, -0.1) is 0 Å². The van der Waals surface area contributed by atoms with E-state index < -0.39 is 0 Å². The number of imide groups is 1. The molecule has 3 rings (SSSR count). The number of rotatable bonds is 7. The van der Waals surface area contributed by atoms with Crippen molar-refractivity contribution in [3.63, 3.8) is 0 Å². The Morgan fingerprint density at radius 2 is 2.04 bits per heavy atom. The van der Waals surface area contributed by atoms with Gasteiger partial charge in [-0.3, -0.25) is 9.59 Å². The van der Waals surface area contributed by atoms with E-state index in [9.17, 15) is 9.59 Å². The number of quaternary nitrogens is 1. The minimum atomic E-state index is -0.241. The molecular formula is C19H25N2O5S+. The predicted octanol–water partition coefficient (Wildman–Crippen LogP) is 1.39. The van der Waals surface area contributed by atoms with E-state index in [0.717, 1.165) is 36.8 Å². The fraction of sp³-hybridized carbons (Fsp3) is 0.474. The number of hydrogen-bond donors (Lipinski definition) is 1. The highest BCUT2D eigenvalue weighted by Crippen LogP contribution is 2.34. The minimum absolute atomic E-state index is 0.222. The van der Waals surface area contributed by atoms with Gasteiger partial charge in [0.2, 0.25) is 0 Å². The summed E-state index contributed by atoms with van der Waals surface area (Å²) in [5.74, 6) is 1.03. The fourth-order valence-electron chi connectivity index (χ4n) is 2.93. The Kier molecular flexibility index (Phi) is 6.76. The molecule has 1 N–H and O–H groups in total. The molecule has 0 aromatic heterocycles. The lowest BCUT2D eigenvalue weighted by Crippen LogP contribution is -3.15. The normalized spacial score (nSPS) is 19.8. The van der Waals surface area contributed by atoms with Gasteiger partial charge in [-0.25, -0.2) is 4.90 Å². The van der Waals surface area contributed by atoms with Gasteiger partial charge in [0.05, 0.1) is 31.8 Å². The monoisotopic (exact) mass is 393 g/mol. The number of carbonyl (C=O) groups is 2. The van der Waals surface area contributed by atoms with E-state index in [0.29, 0.717) is 42.9 Å². The molecule has 1 aromatic carbocycles. The number of nitrogens with one attached hydrogen (secondary N) is 1. The van der Waals surface area contributed by atoms with Crippen LogP contribution >= 0.6 is 11.8 Å². The van der Waals surface area contributed by atoms with Gasteiger partial charge in [0.1, 0.15) is 13.1 Å². The van der Waals surface area contributed by atoms with Gasteiger partial charge in [-0.05, 0) is 42.0 Å². The standard InChI is InChI=1S/C19H24N2O5S/c1-3-8-26-15-5-4-14(11-16(15)24-2)12-17-18(22)21(19(23)27-17)13-20-6-9-25-10-7-20/h4-5,11-12H,3,6-10,13H2,1-2H3/p+1. The van der Waals surface area contributed by atoms with Gasteiger partial charge < -0.3 is 19.1 Å². The fourth-order valence-corrected chi connectivity index (χ4v) is 3.77. The van der Waals surface area contributed by atoms with Crippen LogP contribution in [0.2, 0.25) is 0 Å². The number of morpholine rings is 1. The van der Waals surface area contributed by atoms with Gasteiger partial charge in [0, 0.05) is 0 Å². The lowest BCUT2D eigenvalue weighted by atomic mass is 10.2. The van der Waals surface area contributed by atoms with Crippen LogP contribution in [0.1, 0.15) is 18.9 Å².